The maximum Gasteiger partial charge on any atom is 0.262 e. The van der Waals surface area contributed by atoms with Crippen LogP contribution in [0.15, 0.2) is 35.2 Å². The van der Waals surface area contributed by atoms with Crippen molar-refractivity contribution in [3.63, 3.8) is 0 Å². The maximum atomic E-state index is 13.4. The highest BCUT2D eigenvalue weighted by Crippen LogP contribution is 2.35. The molecular formula is C22H24ClN3O5S. The van der Waals surface area contributed by atoms with E-state index in [-0.39, 0.29) is 29.9 Å². The summed E-state index contributed by atoms with van der Waals surface area (Å²) in [5, 5.41) is 6.07. The predicted molar refractivity (Wildman–Crippen MR) is 122 cm³/mol. The SMILES string of the molecule is Cc1ccc(NC(=O)[C@H]2CCCN(S(=O)(=O)c3cc4c(cc3C)NC(=O)CO4)C2)cc1Cl. The highest BCUT2D eigenvalue weighted by molar-refractivity contribution is 7.89. The van der Waals surface area contributed by atoms with Gasteiger partial charge < -0.3 is 15.4 Å². The van der Waals surface area contributed by atoms with Crippen molar-refractivity contribution < 1.29 is 22.7 Å². The van der Waals surface area contributed by atoms with Crippen LogP contribution in [0.25, 0.3) is 0 Å². The van der Waals surface area contributed by atoms with Crippen molar-refractivity contribution in [2.24, 2.45) is 5.92 Å². The molecular weight excluding hydrogens is 454 g/mol. The van der Waals surface area contributed by atoms with E-state index in [4.69, 9.17) is 16.3 Å². The number of aryl methyl sites for hydroxylation is 2. The lowest BCUT2D eigenvalue weighted by atomic mass is 9.98. The molecule has 2 aliphatic rings. The van der Waals surface area contributed by atoms with E-state index >= 15 is 0 Å². The number of rotatable bonds is 4. The number of hydrogen-bond donors (Lipinski definition) is 2. The molecule has 2 aliphatic heterocycles. The lowest BCUT2D eigenvalue weighted by molar-refractivity contribution is -0.121. The number of amides is 2. The maximum absolute atomic E-state index is 13.4. The average molecular weight is 478 g/mol. The summed E-state index contributed by atoms with van der Waals surface area (Å²) >= 11 is 6.13. The number of piperidine rings is 1. The minimum absolute atomic E-state index is 0.0852. The number of nitrogens with one attached hydrogen (secondary N) is 2. The van der Waals surface area contributed by atoms with Gasteiger partial charge in [-0.3, -0.25) is 9.59 Å². The number of ether oxygens (including phenoxy) is 1. The number of hydrogen-bond acceptors (Lipinski definition) is 5. The summed E-state index contributed by atoms with van der Waals surface area (Å²) in [6.45, 7) is 3.80. The first kappa shape index (κ1) is 22.6. The van der Waals surface area contributed by atoms with E-state index in [0.717, 1.165) is 5.56 Å². The van der Waals surface area contributed by atoms with Gasteiger partial charge in [-0.1, -0.05) is 17.7 Å². The van der Waals surface area contributed by atoms with Crippen molar-refractivity contribution in [1.29, 1.82) is 0 Å². The molecule has 2 amide bonds. The van der Waals surface area contributed by atoms with Gasteiger partial charge in [-0.2, -0.15) is 4.31 Å². The second-order valence-electron chi connectivity index (χ2n) is 8.11. The van der Waals surface area contributed by atoms with Crippen LogP contribution in [0.2, 0.25) is 5.02 Å². The van der Waals surface area contributed by atoms with E-state index in [0.29, 0.717) is 47.1 Å². The first-order valence-corrected chi connectivity index (χ1v) is 12.1. The number of fused-ring (bicyclic) bond motifs is 1. The first-order chi connectivity index (χ1) is 15.1. The molecule has 2 aromatic rings. The van der Waals surface area contributed by atoms with E-state index in [2.05, 4.69) is 10.6 Å². The Morgan fingerprint density at radius 1 is 1.22 bits per heavy atom. The molecule has 4 rings (SSSR count). The fraction of sp³-hybridized carbons (Fsp3) is 0.364. The van der Waals surface area contributed by atoms with Crippen LogP contribution >= 0.6 is 11.6 Å². The normalized spacial score (nSPS) is 19.0. The molecule has 8 nitrogen and oxygen atoms in total. The Hall–Kier alpha value is -2.62. The van der Waals surface area contributed by atoms with E-state index < -0.39 is 15.9 Å². The molecule has 1 fully saturated rings. The minimum atomic E-state index is -3.85. The Balaban J connectivity index is 1.53. The van der Waals surface area contributed by atoms with Crippen LogP contribution in [0.4, 0.5) is 11.4 Å². The molecule has 10 heteroatoms. The minimum Gasteiger partial charge on any atom is -0.482 e. The van der Waals surface area contributed by atoms with Crippen molar-refractivity contribution >= 4 is 44.8 Å². The molecule has 0 saturated carbocycles. The molecule has 1 saturated heterocycles. The Morgan fingerprint density at radius 2 is 2.00 bits per heavy atom. The molecule has 1 atom stereocenters. The third kappa shape index (κ3) is 4.46. The fourth-order valence-corrected chi connectivity index (χ4v) is 5.85. The molecule has 170 valence electrons. The molecule has 0 radical (unpaired) electrons. The van der Waals surface area contributed by atoms with Crippen LogP contribution in [0.5, 0.6) is 5.75 Å². The quantitative estimate of drug-likeness (QED) is 0.702. The van der Waals surface area contributed by atoms with Gasteiger partial charge in [0.25, 0.3) is 5.91 Å². The summed E-state index contributed by atoms with van der Waals surface area (Å²) < 4.78 is 33.5. The van der Waals surface area contributed by atoms with Crippen molar-refractivity contribution in [3.8, 4) is 5.75 Å². The van der Waals surface area contributed by atoms with E-state index in [1.807, 2.05) is 13.0 Å². The molecule has 0 bridgehead atoms. The van der Waals surface area contributed by atoms with Crippen LogP contribution < -0.4 is 15.4 Å². The summed E-state index contributed by atoms with van der Waals surface area (Å²) in [5.41, 5.74) is 2.43. The van der Waals surface area contributed by atoms with Crippen LogP contribution in [0, 0.1) is 19.8 Å². The molecule has 0 aromatic heterocycles. The predicted octanol–water partition coefficient (Wildman–Crippen LogP) is 3.33. The lowest BCUT2D eigenvalue weighted by Gasteiger charge is -2.32. The third-order valence-electron chi connectivity index (χ3n) is 5.72. The third-order valence-corrected chi connectivity index (χ3v) is 8.14. The Kier molecular flexibility index (Phi) is 6.15. The zero-order chi connectivity index (χ0) is 23.0. The Morgan fingerprint density at radius 3 is 2.75 bits per heavy atom. The van der Waals surface area contributed by atoms with Crippen LogP contribution in [-0.2, 0) is 19.6 Å². The van der Waals surface area contributed by atoms with Gasteiger partial charge >= 0.3 is 0 Å². The summed E-state index contributed by atoms with van der Waals surface area (Å²) in [4.78, 5) is 24.5. The van der Waals surface area contributed by atoms with Crippen LogP contribution in [0.3, 0.4) is 0 Å². The topological polar surface area (TPSA) is 105 Å². The van der Waals surface area contributed by atoms with Gasteiger partial charge in [0.15, 0.2) is 6.61 Å². The molecule has 2 aromatic carbocycles. The van der Waals surface area contributed by atoms with Crippen molar-refractivity contribution in [2.75, 3.05) is 30.3 Å². The standard InChI is InChI=1S/C22H24ClN3O5S/c1-13-5-6-16(9-17(13)23)24-22(28)15-4-3-7-26(11-15)32(29,30)20-10-19-18(8-14(20)2)25-21(27)12-31-19/h5-6,8-10,15H,3-4,7,11-12H2,1-2H3,(H,24,28)(H,25,27)/t15-/m0/s1. The van der Waals surface area contributed by atoms with Gasteiger partial charge in [-0.05, 0) is 56.0 Å². The number of halogens is 1. The summed E-state index contributed by atoms with van der Waals surface area (Å²) in [7, 11) is -3.85. The number of sulfonamides is 1. The van der Waals surface area contributed by atoms with Crippen LogP contribution in [-0.4, -0.2) is 44.2 Å². The molecule has 0 spiro atoms. The number of carbonyl (C=O) groups is 2. The van der Waals surface area contributed by atoms with E-state index in [9.17, 15) is 18.0 Å². The Bertz CT molecular complexity index is 1200. The number of anilines is 2. The van der Waals surface area contributed by atoms with Gasteiger partial charge in [-0.15, -0.1) is 0 Å². The van der Waals surface area contributed by atoms with E-state index in [1.165, 1.54) is 10.4 Å². The van der Waals surface area contributed by atoms with Gasteiger partial charge in [0.05, 0.1) is 16.5 Å². The number of nitrogens with zero attached hydrogens (tertiary/aromatic N) is 1. The smallest absolute Gasteiger partial charge is 0.262 e. The average Bonchev–Trinajstić information content (AvgIpc) is 2.75. The number of carbonyl (C=O) groups excluding carboxylic acids is 2. The molecule has 2 N–H and O–H groups in total. The van der Waals surface area contributed by atoms with Gasteiger partial charge in [-0.25, -0.2) is 8.42 Å². The lowest BCUT2D eigenvalue weighted by Crippen LogP contribution is -2.43. The molecule has 2 heterocycles. The van der Waals surface area contributed by atoms with E-state index in [1.54, 1.807) is 25.1 Å². The van der Waals surface area contributed by atoms with Crippen molar-refractivity contribution in [1.82, 2.24) is 4.31 Å². The van der Waals surface area contributed by atoms with Crippen molar-refractivity contribution in [2.45, 2.75) is 31.6 Å². The van der Waals surface area contributed by atoms with Gasteiger partial charge in [0.2, 0.25) is 15.9 Å². The Labute approximate surface area is 191 Å². The zero-order valence-electron chi connectivity index (χ0n) is 17.8. The first-order valence-electron chi connectivity index (χ1n) is 10.3. The second kappa shape index (κ2) is 8.73. The van der Waals surface area contributed by atoms with Crippen LogP contribution in [0.1, 0.15) is 24.0 Å². The highest BCUT2D eigenvalue weighted by Gasteiger charge is 2.35. The second-order valence-corrected chi connectivity index (χ2v) is 10.4. The number of benzene rings is 2. The van der Waals surface area contributed by atoms with Gasteiger partial charge in [0.1, 0.15) is 5.75 Å². The van der Waals surface area contributed by atoms with Crippen molar-refractivity contribution in [3.05, 3.63) is 46.5 Å². The van der Waals surface area contributed by atoms with Gasteiger partial charge in [0, 0.05) is 29.9 Å². The molecule has 32 heavy (non-hydrogen) atoms. The summed E-state index contributed by atoms with van der Waals surface area (Å²) in [5.74, 6) is -0.686. The highest BCUT2D eigenvalue weighted by atomic mass is 35.5. The molecule has 0 aliphatic carbocycles. The monoisotopic (exact) mass is 477 g/mol. The molecule has 0 unspecified atom stereocenters. The largest absolute Gasteiger partial charge is 0.482 e. The summed E-state index contributed by atoms with van der Waals surface area (Å²) in [6.07, 6.45) is 1.16. The fourth-order valence-electron chi connectivity index (χ4n) is 3.92. The summed E-state index contributed by atoms with van der Waals surface area (Å²) in [6, 6.07) is 8.30. The zero-order valence-corrected chi connectivity index (χ0v) is 19.3.